The van der Waals surface area contributed by atoms with E-state index in [0.29, 0.717) is 32.5 Å². The number of likely N-dealkylation sites (tertiary alicyclic amines) is 1. The fourth-order valence-electron chi connectivity index (χ4n) is 2.90. The molecule has 2 N–H and O–H groups in total. The molecule has 3 atom stereocenters. The minimum atomic E-state index is -0.935. The van der Waals surface area contributed by atoms with E-state index < -0.39 is 12.1 Å². The number of rotatable bonds is 4. The van der Waals surface area contributed by atoms with Crippen molar-refractivity contribution < 1.29 is 24.2 Å². The van der Waals surface area contributed by atoms with E-state index >= 15 is 0 Å². The molecule has 2 aliphatic heterocycles. The Kier molecular flexibility index (Phi) is 5.05. The third-order valence-corrected chi connectivity index (χ3v) is 4.30. The molecule has 3 unspecified atom stereocenters. The zero-order valence-corrected chi connectivity index (χ0v) is 12.6. The first-order valence-corrected chi connectivity index (χ1v) is 7.40. The van der Waals surface area contributed by atoms with Crippen LogP contribution in [0.2, 0.25) is 0 Å². The zero-order chi connectivity index (χ0) is 15.5. The van der Waals surface area contributed by atoms with Crippen LogP contribution >= 0.6 is 0 Å². The number of amides is 2. The van der Waals surface area contributed by atoms with Gasteiger partial charge in [-0.05, 0) is 32.6 Å². The summed E-state index contributed by atoms with van der Waals surface area (Å²) in [5.74, 6) is -0.935. The van der Waals surface area contributed by atoms with Crippen molar-refractivity contribution in [2.45, 2.75) is 50.4 Å². The predicted octanol–water partition coefficient (Wildman–Crippen LogP) is 0.829. The molecule has 7 nitrogen and oxygen atoms in total. The number of nitrogens with one attached hydrogen (secondary N) is 1. The number of carboxylic acid groups (broad SMARTS) is 1. The lowest BCUT2D eigenvalue weighted by Crippen LogP contribution is -2.53. The lowest BCUT2D eigenvalue weighted by atomic mass is 9.95. The first-order valence-electron chi connectivity index (χ1n) is 7.40. The molecule has 0 spiro atoms. The number of hydrogen-bond donors (Lipinski definition) is 2. The van der Waals surface area contributed by atoms with Gasteiger partial charge in [-0.15, -0.1) is 0 Å². The number of carboxylic acids is 1. The van der Waals surface area contributed by atoms with Crippen molar-refractivity contribution >= 4 is 12.0 Å². The summed E-state index contributed by atoms with van der Waals surface area (Å²) >= 11 is 0. The summed E-state index contributed by atoms with van der Waals surface area (Å²) in [6.45, 7) is 3.64. The molecule has 21 heavy (non-hydrogen) atoms. The van der Waals surface area contributed by atoms with Crippen molar-refractivity contribution in [3.8, 4) is 0 Å². The van der Waals surface area contributed by atoms with Gasteiger partial charge in [-0.3, -0.25) is 0 Å². The Morgan fingerprint density at radius 1 is 1.48 bits per heavy atom. The van der Waals surface area contributed by atoms with Gasteiger partial charge in [-0.25, -0.2) is 9.59 Å². The van der Waals surface area contributed by atoms with Crippen LogP contribution in [0.5, 0.6) is 0 Å². The lowest BCUT2D eigenvalue weighted by Gasteiger charge is -2.39. The zero-order valence-electron chi connectivity index (χ0n) is 12.6. The van der Waals surface area contributed by atoms with E-state index in [1.54, 1.807) is 12.0 Å². The van der Waals surface area contributed by atoms with Crippen LogP contribution in [0.15, 0.2) is 0 Å². The van der Waals surface area contributed by atoms with E-state index in [1.165, 1.54) is 0 Å². The van der Waals surface area contributed by atoms with Crippen molar-refractivity contribution in [1.82, 2.24) is 10.2 Å². The summed E-state index contributed by atoms with van der Waals surface area (Å²) < 4.78 is 10.8. The van der Waals surface area contributed by atoms with Crippen LogP contribution in [0.3, 0.4) is 0 Å². The quantitative estimate of drug-likeness (QED) is 0.803. The summed E-state index contributed by atoms with van der Waals surface area (Å²) in [5.41, 5.74) is -0.284. The Balaban J connectivity index is 1.76. The standard InChI is InChI=1S/C14H24N2O5/c1-14(20-2)6-3-7-16(9-14)13(19)15-8-10-4-5-11(21-10)12(17)18/h10-11H,3-9H2,1-2H3,(H,15,19)(H,17,18). The largest absolute Gasteiger partial charge is 0.479 e. The molecule has 0 aliphatic carbocycles. The molecular weight excluding hydrogens is 276 g/mol. The number of urea groups is 1. The number of ether oxygens (including phenoxy) is 2. The summed E-state index contributed by atoms with van der Waals surface area (Å²) in [4.78, 5) is 24.7. The van der Waals surface area contributed by atoms with E-state index in [-0.39, 0.29) is 17.7 Å². The monoisotopic (exact) mass is 300 g/mol. The number of piperidine rings is 1. The molecule has 2 heterocycles. The normalized spacial score (nSPS) is 33.0. The SMILES string of the molecule is COC1(C)CCCN(C(=O)NCC2CCC(C(=O)O)O2)C1. The van der Waals surface area contributed by atoms with Gasteiger partial charge >= 0.3 is 12.0 Å². The van der Waals surface area contributed by atoms with E-state index in [4.69, 9.17) is 14.6 Å². The molecule has 2 aliphatic rings. The van der Waals surface area contributed by atoms with E-state index in [0.717, 1.165) is 12.8 Å². The Labute approximate surface area is 124 Å². The highest BCUT2D eigenvalue weighted by molar-refractivity contribution is 5.74. The number of aliphatic carboxylic acids is 1. The third-order valence-electron chi connectivity index (χ3n) is 4.30. The second kappa shape index (κ2) is 6.62. The molecule has 2 fully saturated rings. The van der Waals surface area contributed by atoms with Crippen molar-refractivity contribution in [2.24, 2.45) is 0 Å². The molecule has 7 heteroatoms. The molecule has 0 saturated carbocycles. The van der Waals surface area contributed by atoms with Crippen molar-refractivity contribution in [3.05, 3.63) is 0 Å². The highest BCUT2D eigenvalue weighted by Gasteiger charge is 2.34. The molecule has 2 amide bonds. The van der Waals surface area contributed by atoms with Crippen LogP contribution in [0.25, 0.3) is 0 Å². The van der Waals surface area contributed by atoms with E-state index in [1.807, 2.05) is 6.92 Å². The molecule has 0 aromatic rings. The molecule has 0 radical (unpaired) electrons. The van der Waals surface area contributed by atoms with Crippen LogP contribution in [-0.2, 0) is 14.3 Å². The molecule has 2 rings (SSSR count). The maximum atomic E-state index is 12.2. The van der Waals surface area contributed by atoms with Gasteiger partial charge in [0, 0.05) is 20.2 Å². The van der Waals surface area contributed by atoms with Crippen LogP contribution in [-0.4, -0.2) is 66.6 Å². The van der Waals surface area contributed by atoms with Gasteiger partial charge in [0.2, 0.25) is 0 Å². The number of methoxy groups -OCH3 is 1. The van der Waals surface area contributed by atoms with Gasteiger partial charge in [-0.2, -0.15) is 0 Å². The van der Waals surface area contributed by atoms with E-state index in [9.17, 15) is 9.59 Å². The Hall–Kier alpha value is -1.34. The first kappa shape index (κ1) is 16.0. The average Bonchev–Trinajstić information content (AvgIpc) is 2.94. The van der Waals surface area contributed by atoms with Gasteiger partial charge in [0.1, 0.15) is 0 Å². The smallest absolute Gasteiger partial charge is 0.332 e. The van der Waals surface area contributed by atoms with E-state index in [2.05, 4.69) is 5.32 Å². The maximum Gasteiger partial charge on any atom is 0.332 e. The number of hydrogen-bond acceptors (Lipinski definition) is 4. The summed E-state index contributed by atoms with van der Waals surface area (Å²) in [7, 11) is 1.67. The predicted molar refractivity (Wildman–Crippen MR) is 75.2 cm³/mol. The van der Waals surface area contributed by atoms with Gasteiger partial charge in [0.15, 0.2) is 6.10 Å². The lowest BCUT2D eigenvalue weighted by molar-refractivity contribution is -0.149. The van der Waals surface area contributed by atoms with Gasteiger partial charge in [0.25, 0.3) is 0 Å². The topological polar surface area (TPSA) is 88.1 Å². The van der Waals surface area contributed by atoms with Crippen LogP contribution in [0.1, 0.15) is 32.6 Å². The van der Waals surface area contributed by atoms with Gasteiger partial charge in [0.05, 0.1) is 18.2 Å². The fourth-order valence-corrected chi connectivity index (χ4v) is 2.90. The number of carbonyl (C=O) groups excluding carboxylic acids is 1. The Bertz CT molecular complexity index is 403. The van der Waals surface area contributed by atoms with Crippen molar-refractivity contribution in [3.63, 3.8) is 0 Å². The van der Waals surface area contributed by atoms with Gasteiger partial charge in [-0.1, -0.05) is 0 Å². The number of carbonyl (C=O) groups is 2. The first-order chi connectivity index (χ1) is 9.93. The summed E-state index contributed by atoms with van der Waals surface area (Å²) in [6.07, 6.45) is 2.07. The highest BCUT2D eigenvalue weighted by Crippen LogP contribution is 2.24. The molecule has 0 bridgehead atoms. The second-order valence-electron chi connectivity index (χ2n) is 6.03. The molecule has 0 aromatic carbocycles. The van der Waals surface area contributed by atoms with Gasteiger partial charge < -0.3 is 24.8 Å². The Morgan fingerprint density at radius 2 is 2.24 bits per heavy atom. The summed E-state index contributed by atoms with van der Waals surface area (Å²) in [5, 5.41) is 11.7. The minimum absolute atomic E-state index is 0.139. The summed E-state index contributed by atoms with van der Waals surface area (Å²) in [6, 6.07) is -0.139. The number of nitrogens with zero attached hydrogens (tertiary/aromatic N) is 1. The molecule has 2 saturated heterocycles. The average molecular weight is 300 g/mol. The highest BCUT2D eigenvalue weighted by atomic mass is 16.5. The Morgan fingerprint density at radius 3 is 2.86 bits per heavy atom. The fraction of sp³-hybridized carbons (Fsp3) is 0.857. The van der Waals surface area contributed by atoms with Crippen LogP contribution in [0.4, 0.5) is 4.79 Å². The molecule has 0 aromatic heterocycles. The third kappa shape index (κ3) is 4.07. The molecule has 120 valence electrons. The maximum absolute atomic E-state index is 12.2. The second-order valence-corrected chi connectivity index (χ2v) is 6.03. The van der Waals surface area contributed by atoms with Crippen LogP contribution < -0.4 is 5.32 Å². The van der Waals surface area contributed by atoms with Crippen LogP contribution in [0, 0.1) is 0 Å². The minimum Gasteiger partial charge on any atom is -0.479 e. The van der Waals surface area contributed by atoms with Crippen molar-refractivity contribution in [2.75, 3.05) is 26.7 Å². The molecular formula is C14H24N2O5. The van der Waals surface area contributed by atoms with Crippen molar-refractivity contribution in [1.29, 1.82) is 0 Å².